The van der Waals surface area contributed by atoms with Crippen LogP contribution in [0.4, 0.5) is 11.4 Å². The van der Waals surface area contributed by atoms with Crippen molar-refractivity contribution >= 4 is 38.2 Å². The number of aryl methyl sites for hydroxylation is 1. The van der Waals surface area contributed by atoms with E-state index in [0.29, 0.717) is 16.9 Å². The number of anilines is 2. The third-order valence-electron chi connectivity index (χ3n) is 5.71. The Balaban J connectivity index is 1.36. The molecule has 0 unspecified atom stereocenters. The van der Waals surface area contributed by atoms with E-state index in [1.807, 2.05) is 43.3 Å². The van der Waals surface area contributed by atoms with Gasteiger partial charge in [-0.1, -0.05) is 6.07 Å². The molecule has 0 spiro atoms. The molecule has 3 heterocycles. The van der Waals surface area contributed by atoms with Crippen LogP contribution in [0.2, 0.25) is 0 Å². The van der Waals surface area contributed by atoms with E-state index >= 15 is 0 Å². The fourth-order valence-corrected chi connectivity index (χ4v) is 5.04. The van der Waals surface area contributed by atoms with E-state index in [4.69, 9.17) is 9.72 Å². The Morgan fingerprint density at radius 3 is 2.68 bits per heavy atom. The zero-order chi connectivity index (χ0) is 23.7. The molecule has 2 aromatic heterocycles. The van der Waals surface area contributed by atoms with Gasteiger partial charge >= 0.3 is 0 Å². The molecule has 34 heavy (non-hydrogen) atoms. The van der Waals surface area contributed by atoms with Gasteiger partial charge in [0.25, 0.3) is 5.91 Å². The number of hydrogen-bond donors (Lipinski definition) is 1. The lowest BCUT2D eigenvalue weighted by Gasteiger charge is -2.28. The number of amides is 1. The number of sulfonamides is 1. The molecular formula is C25H22N4O4S. The van der Waals surface area contributed by atoms with E-state index in [-0.39, 0.29) is 25.0 Å². The van der Waals surface area contributed by atoms with E-state index < -0.39 is 10.0 Å². The van der Waals surface area contributed by atoms with E-state index in [1.165, 1.54) is 4.31 Å². The van der Waals surface area contributed by atoms with E-state index in [2.05, 4.69) is 10.3 Å². The molecule has 0 bridgehead atoms. The van der Waals surface area contributed by atoms with Crippen LogP contribution in [0, 0.1) is 6.92 Å². The van der Waals surface area contributed by atoms with Crippen LogP contribution in [-0.2, 0) is 14.8 Å². The van der Waals surface area contributed by atoms with Gasteiger partial charge in [0.1, 0.15) is 6.73 Å². The maximum Gasteiger partial charge on any atom is 0.255 e. The summed E-state index contributed by atoms with van der Waals surface area (Å²) in [4.78, 5) is 21.7. The van der Waals surface area contributed by atoms with Gasteiger partial charge in [0.2, 0.25) is 10.0 Å². The van der Waals surface area contributed by atoms with Crippen molar-refractivity contribution in [3.63, 3.8) is 0 Å². The zero-order valence-electron chi connectivity index (χ0n) is 18.4. The van der Waals surface area contributed by atoms with Crippen LogP contribution in [0.15, 0.2) is 73.1 Å². The molecule has 1 amide bonds. The number of carbonyl (C=O) groups is 1. The van der Waals surface area contributed by atoms with Gasteiger partial charge < -0.3 is 10.1 Å². The van der Waals surface area contributed by atoms with E-state index in [9.17, 15) is 13.2 Å². The Kier molecular flexibility index (Phi) is 5.72. The minimum atomic E-state index is -3.41. The van der Waals surface area contributed by atoms with E-state index in [0.717, 1.165) is 27.7 Å². The van der Waals surface area contributed by atoms with Gasteiger partial charge in [-0.2, -0.15) is 0 Å². The topological polar surface area (TPSA) is 101 Å². The molecule has 1 saturated heterocycles. The summed E-state index contributed by atoms with van der Waals surface area (Å²) in [5, 5.41) is 3.87. The SMILES string of the molecule is Cc1ccc(NC(=O)c2ccc(N3COCCS3(=O)=O)cc2)cc1-c1ccc2cnccc2n1. The first kappa shape index (κ1) is 22.0. The second-order valence-corrected chi connectivity index (χ2v) is 10.0. The van der Waals surface area contributed by atoms with Crippen molar-refractivity contribution in [2.75, 3.05) is 28.7 Å². The van der Waals surface area contributed by atoms with Gasteiger partial charge in [-0.25, -0.2) is 17.7 Å². The van der Waals surface area contributed by atoms with Crippen molar-refractivity contribution in [3.8, 4) is 11.3 Å². The van der Waals surface area contributed by atoms with Crippen LogP contribution < -0.4 is 9.62 Å². The monoisotopic (exact) mass is 474 g/mol. The molecule has 9 heteroatoms. The summed E-state index contributed by atoms with van der Waals surface area (Å²) in [5.74, 6) is -0.356. The second-order valence-electron chi connectivity index (χ2n) is 8.00. The van der Waals surface area contributed by atoms with Crippen molar-refractivity contribution in [2.45, 2.75) is 6.92 Å². The standard InChI is InChI=1S/C25H22N4O4S/c1-17-2-6-20(14-22(17)24-9-5-19-15-26-11-10-23(19)28-24)27-25(30)18-3-7-21(8-4-18)29-16-33-12-13-34(29,31)32/h2-11,14-15H,12-13,16H2,1H3,(H,27,30). The normalized spacial score (nSPS) is 15.3. The quantitative estimate of drug-likeness (QED) is 0.480. The number of fused-ring (bicyclic) bond motifs is 1. The lowest BCUT2D eigenvalue weighted by atomic mass is 10.0. The maximum atomic E-state index is 12.8. The number of benzene rings is 2. The minimum absolute atomic E-state index is 0.0284. The highest BCUT2D eigenvalue weighted by Crippen LogP contribution is 2.27. The molecule has 172 valence electrons. The van der Waals surface area contributed by atoms with Crippen LogP contribution in [0.1, 0.15) is 15.9 Å². The van der Waals surface area contributed by atoms with Crippen molar-refractivity contribution < 1.29 is 17.9 Å². The Morgan fingerprint density at radius 1 is 1.06 bits per heavy atom. The fourth-order valence-electron chi connectivity index (χ4n) is 3.81. The number of pyridine rings is 2. The molecule has 5 rings (SSSR count). The Labute approximate surface area is 197 Å². The molecule has 1 aliphatic heterocycles. The smallest absolute Gasteiger partial charge is 0.255 e. The Hall–Kier alpha value is -3.82. The molecule has 0 saturated carbocycles. The predicted octanol–water partition coefficient (Wildman–Crippen LogP) is 3.98. The third-order valence-corrected chi connectivity index (χ3v) is 7.38. The lowest BCUT2D eigenvalue weighted by Crippen LogP contribution is -2.41. The average molecular weight is 475 g/mol. The van der Waals surface area contributed by atoms with Crippen LogP contribution in [0.25, 0.3) is 22.2 Å². The van der Waals surface area contributed by atoms with Gasteiger partial charge in [0.05, 0.1) is 29.3 Å². The fraction of sp³-hybridized carbons (Fsp3) is 0.160. The van der Waals surface area contributed by atoms with Crippen molar-refractivity contribution in [1.29, 1.82) is 0 Å². The number of rotatable bonds is 4. The number of ether oxygens (including phenoxy) is 1. The Bertz CT molecular complexity index is 1490. The van der Waals surface area contributed by atoms with Crippen molar-refractivity contribution in [1.82, 2.24) is 9.97 Å². The summed E-state index contributed by atoms with van der Waals surface area (Å²) in [6, 6.07) is 17.9. The summed E-state index contributed by atoms with van der Waals surface area (Å²) >= 11 is 0. The van der Waals surface area contributed by atoms with Crippen LogP contribution >= 0.6 is 0 Å². The highest BCUT2D eigenvalue weighted by atomic mass is 32.2. The third kappa shape index (κ3) is 4.35. The molecule has 4 aromatic rings. The highest BCUT2D eigenvalue weighted by Gasteiger charge is 2.26. The second kappa shape index (κ2) is 8.85. The van der Waals surface area contributed by atoms with Gasteiger partial charge in [-0.3, -0.25) is 9.78 Å². The first-order valence-corrected chi connectivity index (χ1v) is 12.3. The summed E-state index contributed by atoms with van der Waals surface area (Å²) in [5.41, 5.74) is 5.13. The Morgan fingerprint density at radius 2 is 1.88 bits per heavy atom. The van der Waals surface area contributed by atoms with Crippen LogP contribution in [0.3, 0.4) is 0 Å². The molecule has 1 N–H and O–H groups in total. The summed E-state index contributed by atoms with van der Waals surface area (Å²) in [6.45, 7) is 2.15. The van der Waals surface area contributed by atoms with Crippen molar-refractivity contribution in [3.05, 3.63) is 84.2 Å². The largest absolute Gasteiger partial charge is 0.359 e. The number of nitrogens with zero attached hydrogens (tertiary/aromatic N) is 3. The van der Waals surface area contributed by atoms with Gasteiger partial charge in [0, 0.05) is 34.6 Å². The summed E-state index contributed by atoms with van der Waals surface area (Å²) < 4.78 is 31.0. The number of aromatic nitrogens is 2. The molecule has 1 fully saturated rings. The summed E-state index contributed by atoms with van der Waals surface area (Å²) in [7, 11) is -3.41. The van der Waals surface area contributed by atoms with Crippen LogP contribution in [0.5, 0.6) is 0 Å². The molecule has 8 nitrogen and oxygen atoms in total. The molecule has 2 aromatic carbocycles. The maximum absolute atomic E-state index is 12.8. The average Bonchev–Trinajstić information content (AvgIpc) is 2.85. The number of hydrogen-bond acceptors (Lipinski definition) is 6. The molecular weight excluding hydrogens is 452 g/mol. The predicted molar refractivity (Wildman–Crippen MR) is 131 cm³/mol. The number of nitrogens with one attached hydrogen (secondary N) is 1. The van der Waals surface area contributed by atoms with Gasteiger partial charge in [-0.05, 0) is 67.1 Å². The van der Waals surface area contributed by atoms with E-state index in [1.54, 1.807) is 36.7 Å². The highest BCUT2D eigenvalue weighted by molar-refractivity contribution is 7.92. The first-order valence-electron chi connectivity index (χ1n) is 10.7. The molecule has 0 aliphatic carbocycles. The summed E-state index contributed by atoms with van der Waals surface area (Å²) in [6.07, 6.45) is 3.48. The molecule has 0 atom stereocenters. The first-order chi connectivity index (χ1) is 16.4. The molecule has 0 radical (unpaired) electrons. The molecule has 1 aliphatic rings. The van der Waals surface area contributed by atoms with Gasteiger partial charge in [-0.15, -0.1) is 0 Å². The van der Waals surface area contributed by atoms with Crippen LogP contribution in [-0.4, -0.2) is 43.4 Å². The lowest BCUT2D eigenvalue weighted by molar-refractivity contribution is 0.102. The van der Waals surface area contributed by atoms with Crippen molar-refractivity contribution in [2.24, 2.45) is 0 Å². The number of carbonyl (C=O) groups excluding carboxylic acids is 1. The zero-order valence-corrected chi connectivity index (χ0v) is 19.2. The minimum Gasteiger partial charge on any atom is -0.359 e. The van der Waals surface area contributed by atoms with Gasteiger partial charge in [0.15, 0.2) is 0 Å².